The number of unbranched alkanes of at least 4 members (excludes halogenated alkanes) is 1. The Morgan fingerprint density at radius 3 is 2.78 bits per heavy atom. The first kappa shape index (κ1) is 16.1. The molecule has 4 unspecified atom stereocenters. The first-order valence-electron chi connectivity index (χ1n) is 8.78. The van der Waals surface area contributed by atoms with Gasteiger partial charge in [-0.3, -0.25) is 4.79 Å². The number of carbonyl (C=O) groups excluding carboxylic acids is 1. The monoisotopic (exact) mass is 313 g/mol. The molecule has 3 rings (SSSR count). The molecule has 0 radical (unpaired) electrons. The van der Waals surface area contributed by atoms with Gasteiger partial charge in [-0.15, -0.1) is 0 Å². The summed E-state index contributed by atoms with van der Waals surface area (Å²) in [5.41, 5.74) is 1.94. The van der Waals surface area contributed by atoms with Crippen LogP contribution in [-0.2, 0) is 4.79 Å². The van der Waals surface area contributed by atoms with Gasteiger partial charge in [-0.05, 0) is 61.3 Å². The molecule has 3 heteroatoms. The molecule has 1 N–H and O–H groups in total. The quantitative estimate of drug-likeness (QED) is 0.781. The van der Waals surface area contributed by atoms with Crippen molar-refractivity contribution in [2.45, 2.75) is 39.5 Å². The number of nitrogens with one attached hydrogen (secondary N) is 1. The molecule has 23 heavy (non-hydrogen) atoms. The molecule has 2 aliphatic carbocycles. The number of hydrogen-bond acceptors (Lipinski definition) is 2. The van der Waals surface area contributed by atoms with Gasteiger partial charge in [0, 0.05) is 11.6 Å². The Morgan fingerprint density at radius 2 is 2.09 bits per heavy atom. The van der Waals surface area contributed by atoms with E-state index in [0.717, 1.165) is 23.4 Å². The van der Waals surface area contributed by atoms with Gasteiger partial charge in [-0.1, -0.05) is 31.9 Å². The summed E-state index contributed by atoms with van der Waals surface area (Å²) in [4.78, 5) is 12.9. The van der Waals surface area contributed by atoms with Crippen molar-refractivity contribution < 1.29 is 9.53 Å². The van der Waals surface area contributed by atoms with E-state index < -0.39 is 0 Å². The lowest BCUT2D eigenvalue weighted by atomic mass is 9.79. The van der Waals surface area contributed by atoms with Gasteiger partial charge in [-0.2, -0.15) is 0 Å². The number of ether oxygens (including phenoxy) is 1. The van der Waals surface area contributed by atoms with Gasteiger partial charge >= 0.3 is 0 Å². The highest BCUT2D eigenvalue weighted by Gasteiger charge is 2.47. The topological polar surface area (TPSA) is 38.3 Å². The summed E-state index contributed by atoms with van der Waals surface area (Å²) in [6.45, 7) is 4.23. The molecule has 1 aromatic rings. The molecular weight excluding hydrogens is 286 g/mol. The number of amides is 1. The van der Waals surface area contributed by atoms with Crippen molar-refractivity contribution >= 4 is 11.6 Å². The van der Waals surface area contributed by atoms with Gasteiger partial charge in [0.05, 0.1) is 7.11 Å². The first-order chi connectivity index (χ1) is 11.1. The highest BCUT2D eigenvalue weighted by Crippen LogP contribution is 2.50. The minimum absolute atomic E-state index is 0.137. The third-order valence-corrected chi connectivity index (χ3v) is 5.51. The number of methoxy groups -OCH3 is 1. The second kappa shape index (κ2) is 6.77. The van der Waals surface area contributed by atoms with E-state index in [1.807, 2.05) is 25.1 Å². The molecule has 124 valence electrons. The van der Waals surface area contributed by atoms with E-state index in [4.69, 9.17) is 4.74 Å². The zero-order valence-corrected chi connectivity index (χ0v) is 14.3. The molecule has 3 nitrogen and oxygen atoms in total. The SMILES string of the molecule is CCCCC1C2C=CC(C2)C1C(=O)Nc1ccc(OC)cc1C. The Bertz CT molecular complexity index is 608. The fourth-order valence-electron chi connectivity index (χ4n) is 4.27. The maximum Gasteiger partial charge on any atom is 0.228 e. The fraction of sp³-hybridized carbons (Fsp3) is 0.550. The van der Waals surface area contributed by atoms with Crippen molar-refractivity contribution in [1.29, 1.82) is 0 Å². The van der Waals surface area contributed by atoms with Gasteiger partial charge in [-0.25, -0.2) is 0 Å². The van der Waals surface area contributed by atoms with Crippen LogP contribution < -0.4 is 10.1 Å². The number of hydrogen-bond donors (Lipinski definition) is 1. The summed E-state index contributed by atoms with van der Waals surface area (Å²) in [6, 6.07) is 5.80. The minimum Gasteiger partial charge on any atom is -0.497 e. The lowest BCUT2D eigenvalue weighted by Crippen LogP contribution is -2.32. The van der Waals surface area contributed by atoms with Gasteiger partial charge in [0.25, 0.3) is 0 Å². The molecule has 0 heterocycles. The molecular formula is C20H27NO2. The van der Waals surface area contributed by atoms with Crippen LogP contribution in [0.4, 0.5) is 5.69 Å². The van der Waals surface area contributed by atoms with E-state index in [2.05, 4.69) is 24.4 Å². The molecule has 2 aliphatic rings. The second-order valence-corrected chi connectivity index (χ2v) is 6.95. The predicted octanol–water partition coefficient (Wildman–Crippen LogP) is 4.57. The smallest absolute Gasteiger partial charge is 0.228 e. The second-order valence-electron chi connectivity index (χ2n) is 6.95. The van der Waals surface area contributed by atoms with Crippen LogP contribution in [0, 0.1) is 30.6 Å². The van der Waals surface area contributed by atoms with Crippen LogP contribution in [0.5, 0.6) is 5.75 Å². The third-order valence-electron chi connectivity index (χ3n) is 5.51. The predicted molar refractivity (Wildman–Crippen MR) is 93.6 cm³/mol. The molecule has 1 saturated carbocycles. The van der Waals surface area contributed by atoms with Crippen LogP contribution in [0.15, 0.2) is 30.4 Å². The summed E-state index contributed by atoms with van der Waals surface area (Å²) in [5, 5.41) is 3.17. The lowest BCUT2D eigenvalue weighted by Gasteiger charge is -2.27. The van der Waals surface area contributed by atoms with Crippen LogP contribution in [0.1, 0.15) is 38.2 Å². The summed E-state index contributed by atoms with van der Waals surface area (Å²) in [5.74, 6) is 2.71. The number of rotatable bonds is 6. The number of fused-ring (bicyclic) bond motifs is 2. The third kappa shape index (κ3) is 3.15. The van der Waals surface area contributed by atoms with E-state index in [-0.39, 0.29) is 11.8 Å². The van der Waals surface area contributed by atoms with Crippen molar-refractivity contribution in [3.63, 3.8) is 0 Å². The fourth-order valence-corrected chi connectivity index (χ4v) is 4.27. The zero-order chi connectivity index (χ0) is 16.4. The minimum atomic E-state index is 0.137. The molecule has 0 saturated heterocycles. The Labute approximate surface area is 139 Å². The number of aryl methyl sites for hydroxylation is 1. The Morgan fingerprint density at radius 1 is 1.30 bits per heavy atom. The van der Waals surface area contributed by atoms with Crippen molar-refractivity contribution in [3.8, 4) is 5.75 Å². The van der Waals surface area contributed by atoms with Crippen molar-refractivity contribution in [2.24, 2.45) is 23.7 Å². The summed E-state index contributed by atoms with van der Waals surface area (Å²) in [7, 11) is 1.66. The van der Waals surface area contributed by atoms with Gasteiger partial charge in [0.15, 0.2) is 0 Å². The van der Waals surface area contributed by atoms with Crippen LogP contribution in [0.25, 0.3) is 0 Å². The van der Waals surface area contributed by atoms with Crippen molar-refractivity contribution in [3.05, 3.63) is 35.9 Å². The van der Waals surface area contributed by atoms with Crippen molar-refractivity contribution in [1.82, 2.24) is 0 Å². The average molecular weight is 313 g/mol. The van der Waals surface area contributed by atoms with E-state index in [1.165, 1.54) is 19.3 Å². The van der Waals surface area contributed by atoms with Gasteiger partial charge in [0.1, 0.15) is 5.75 Å². The number of anilines is 1. The Balaban J connectivity index is 1.73. The molecule has 2 bridgehead atoms. The molecule has 0 spiro atoms. The first-order valence-corrected chi connectivity index (χ1v) is 8.78. The van der Waals surface area contributed by atoms with Gasteiger partial charge < -0.3 is 10.1 Å². The number of benzene rings is 1. The Hall–Kier alpha value is -1.77. The highest BCUT2D eigenvalue weighted by molar-refractivity contribution is 5.94. The average Bonchev–Trinajstić information content (AvgIpc) is 3.15. The van der Waals surface area contributed by atoms with Crippen molar-refractivity contribution in [2.75, 3.05) is 12.4 Å². The summed E-state index contributed by atoms with van der Waals surface area (Å²) >= 11 is 0. The van der Waals surface area contributed by atoms with E-state index in [9.17, 15) is 4.79 Å². The van der Waals surface area contributed by atoms with E-state index in [0.29, 0.717) is 17.8 Å². The largest absolute Gasteiger partial charge is 0.497 e. The van der Waals surface area contributed by atoms with E-state index in [1.54, 1.807) is 7.11 Å². The zero-order valence-electron chi connectivity index (χ0n) is 14.3. The van der Waals surface area contributed by atoms with Crippen LogP contribution in [0.2, 0.25) is 0 Å². The number of carbonyl (C=O) groups is 1. The lowest BCUT2D eigenvalue weighted by molar-refractivity contribution is -0.122. The van der Waals surface area contributed by atoms with Crippen LogP contribution in [0.3, 0.4) is 0 Å². The molecule has 1 aromatic carbocycles. The molecule has 1 fully saturated rings. The van der Waals surface area contributed by atoms with Crippen LogP contribution >= 0.6 is 0 Å². The molecule has 1 amide bonds. The Kier molecular flexibility index (Phi) is 4.74. The molecule has 0 aromatic heterocycles. The number of allylic oxidation sites excluding steroid dienone is 2. The van der Waals surface area contributed by atoms with Gasteiger partial charge in [0.2, 0.25) is 5.91 Å². The molecule has 0 aliphatic heterocycles. The standard InChI is InChI=1S/C20H27NO2/c1-4-5-6-17-14-7-8-15(12-14)19(17)20(22)21-18-10-9-16(23-3)11-13(18)2/h7-11,14-15,17,19H,4-6,12H2,1-3H3,(H,21,22). The highest BCUT2D eigenvalue weighted by atomic mass is 16.5. The maximum absolute atomic E-state index is 12.9. The van der Waals surface area contributed by atoms with E-state index >= 15 is 0 Å². The molecule has 4 atom stereocenters. The van der Waals surface area contributed by atoms with Crippen LogP contribution in [-0.4, -0.2) is 13.0 Å². The maximum atomic E-state index is 12.9. The summed E-state index contributed by atoms with van der Waals surface area (Å²) < 4.78 is 5.23. The normalized spacial score (nSPS) is 28.1. The summed E-state index contributed by atoms with van der Waals surface area (Å²) in [6.07, 6.45) is 9.35.